The average molecular weight is 665 g/mol. The summed E-state index contributed by atoms with van der Waals surface area (Å²) >= 11 is 0. The quantitative estimate of drug-likeness (QED) is 0.188. The number of carbonyl (C=O) groups is 4. The Kier molecular flexibility index (Phi) is 11.9. The van der Waals surface area contributed by atoms with Gasteiger partial charge in [-0.25, -0.2) is 4.99 Å². The first-order valence-corrected chi connectivity index (χ1v) is 16.3. The van der Waals surface area contributed by atoms with E-state index in [1.165, 1.54) is 18.2 Å². The number of allylic oxidation sites excluding steroid dienone is 2. The molecule has 0 aliphatic carbocycles. The molecule has 3 N–H and O–H groups in total. The zero-order valence-corrected chi connectivity index (χ0v) is 28.9. The van der Waals surface area contributed by atoms with Gasteiger partial charge in [-0.05, 0) is 98.6 Å². The number of H-pyrrole nitrogens is 2. The van der Waals surface area contributed by atoms with Crippen LogP contribution in [0.5, 0.6) is 0 Å². The molecule has 4 rings (SSSR count). The van der Waals surface area contributed by atoms with Crippen LogP contribution in [0, 0.1) is 13.8 Å². The minimum atomic E-state index is -0.353. The second-order valence-electron chi connectivity index (χ2n) is 11.9. The van der Waals surface area contributed by atoms with Crippen molar-refractivity contribution in [3.63, 3.8) is 0 Å². The lowest BCUT2D eigenvalue weighted by molar-refractivity contribution is -0.143. The van der Waals surface area contributed by atoms with Crippen molar-refractivity contribution in [2.24, 2.45) is 4.99 Å². The molecule has 0 aromatic carbocycles. The number of rotatable bonds is 15. The highest BCUT2D eigenvalue weighted by Crippen LogP contribution is 2.28. The summed E-state index contributed by atoms with van der Waals surface area (Å²) in [6.45, 7) is 20.8. The lowest BCUT2D eigenvalue weighted by Crippen LogP contribution is -2.15. The molecule has 49 heavy (non-hydrogen) atoms. The average Bonchev–Trinajstić information content (AvgIpc) is 3.72. The van der Waals surface area contributed by atoms with Crippen molar-refractivity contribution in [2.45, 2.75) is 66.7 Å². The number of hydrogen-bond donors (Lipinski definition) is 3. The van der Waals surface area contributed by atoms with Crippen molar-refractivity contribution in [2.75, 3.05) is 13.2 Å². The molecule has 0 spiro atoms. The van der Waals surface area contributed by atoms with Crippen LogP contribution >= 0.6 is 0 Å². The molecular weight excluding hydrogens is 620 g/mol. The lowest BCUT2D eigenvalue weighted by Gasteiger charge is -2.05. The molecule has 0 radical (unpaired) electrons. The number of nitrogens with one attached hydrogen (secondary N) is 3. The zero-order chi connectivity index (χ0) is 35.8. The molecule has 2 aliphatic rings. The molecule has 2 aromatic rings. The summed E-state index contributed by atoms with van der Waals surface area (Å²) in [5.41, 5.74) is 9.24. The second kappa shape index (κ2) is 16.1. The van der Waals surface area contributed by atoms with Crippen LogP contribution in [0.4, 0.5) is 0 Å². The van der Waals surface area contributed by atoms with E-state index in [0.29, 0.717) is 36.1 Å². The lowest BCUT2D eigenvalue weighted by atomic mass is 10.0. The summed E-state index contributed by atoms with van der Waals surface area (Å²) in [7, 11) is 0. The Labute approximate surface area is 286 Å². The van der Waals surface area contributed by atoms with E-state index < -0.39 is 0 Å². The Morgan fingerprint density at radius 3 is 1.98 bits per heavy atom. The molecule has 0 unspecified atom stereocenters. The normalized spacial score (nSPS) is 16.1. The first-order valence-electron chi connectivity index (χ1n) is 16.3. The number of carbonyl (C=O) groups excluding carboxylic acids is 4. The topological polar surface area (TPSA) is 143 Å². The summed E-state index contributed by atoms with van der Waals surface area (Å²) in [6, 6.07) is 0. The predicted molar refractivity (Wildman–Crippen MR) is 192 cm³/mol. The van der Waals surface area contributed by atoms with Crippen LogP contribution < -0.4 is 16.0 Å². The highest BCUT2D eigenvalue weighted by molar-refractivity contribution is 6.31. The molecule has 0 saturated carbocycles. The fourth-order valence-corrected chi connectivity index (χ4v) is 6.01. The van der Waals surface area contributed by atoms with Gasteiger partial charge in [0, 0.05) is 51.8 Å². The maximum absolute atomic E-state index is 12.5. The molecule has 0 atom stereocenters. The summed E-state index contributed by atoms with van der Waals surface area (Å²) in [5, 5.41) is 4.45. The summed E-state index contributed by atoms with van der Waals surface area (Å²) in [4.78, 5) is 61.2. The molecule has 10 heteroatoms. The number of aromatic nitrogens is 2. The summed E-state index contributed by atoms with van der Waals surface area (Å²) in [6.07, 6.45) is 12.0. The van der Waals surface area contributed by atoms with Crippen molar-refractivity contribution in [3.05, 3.63) is 110 Å². The van der Waals surface area contributed by atoms with E-state index >= 15 is 0 Å². The third-order valence-corrected chi connectivity index (χ3v) is 8.81. The maximum atomic E-state index is 12.5. The minimum absolute atomic E-state index is 0.120. The van der Waals surface area contributed by atoms with Crippen LogP contribution in [0.1, 0.15) is 73.7 Å². The van der Waals surface area contributed by atoms with E-state index in [-0.39, 0.29) is 49.8 Å². The minimum Gasteiger partial charge on any atom is -0.461 e. The first-order chi connectivity index (χ1) is 23.4. The highest BCUT2D eigenvalue weighted by Gasteiger charge is 2.24. The monoisotopic (exact) mass is 664 g/mol. The van der Waals surface area contributed by atoms with Gasteiger partial charge in [-0.1, -0.05) is 44.9 Å². The number of amides is 2. The molecule has 2 aromatic heterocycles. The Balaban J connectivity index is 1.89. The second-order valence-corrected chi connectivity index (χ2v) is 11.9. The first kappa shape index (κ1) is 36.3. The van der Waals surface area contributed by atoms with Crippen molar-refractivity contribution >= 4 is 47.7 Å². The third-order valence-electron chi connectivity index (χ3n) is 8.81. The molecule has 4 heterocycles. The number of hydrogen-bond acceptors (Lipinski definition) is 6. The molecule has 2 amide bonds. The predicted octanol–water partition coefficient (Wildman–Crippen LogP) is 4.57. The maximum Gasteiger partial charge on any atom is 0.306 e. The largest absolute Gasteiger partial charge is 0.461 e. The van der Waals surface area contributed by atoms with Crippen molar-refractivity contribution in [1.82, 2.24) is 15.3 Å². The van der Waals surface area contributed by atoms with Crippen LogP contribution in [0.25, 0.3) is 18.2 Å². The molecule has 2 aliphatic heterocycles. The Morgan fingerprint density at radius 2 is 1.41 bits per heavy atom. The number of ether oxygens (including phenoxy) is 2. The van der Waals surface area contributed by atoms with Gasteiger partial charge in [0.25, 0.3) is 11.8 Å². The van der Waals surface area contributed by atoms with Crippen LogP contribution in [-0.4, -0.2) is 52.6 Å². The van der Waals surface area contributed by atoms with E-state index in [4.69, 9.17) is 9.47 Å². The Hall–Kier alpha value is -5.51. The fourth-order valence-electron chi connectivity index (χ4n) is 6.01. The van der Waals surface area contributed by atoms with Gasteiger partial charge in [-0.3, -0.25) is 19.2 Å². The van der Waals surface area contributed by atoms with E-state index in [1.54, 1.807) is 0 Å². The van der Waals surface area contributed by atoms with Crippen LogP contribution in [0.3, 0.4) is 0 Å². The number of esters is 2. The number of aliphatic imine (C=N–C) groups is 1. The molecule has 0 saturated heterocycles. The van der Waals surface area contributed by atoms with E-state index in [1.807, 2.05) is 52.8 Å². The van der Waals surface area contributed by atoms with E-state index in [2.05, 4.69) is 40.0 Å². The van der Waals surface area contributed by atoms with Crippen LogP contribution in [0.15, 0.2) is 70.9 Å². The van der Waals surface area contributed by atoms with Gasteiger partial charge in [-0.15, -0.1) is 0 Å². The molecule has 256 valence electrons. The van der Waals surface area contributed by atoms with Crippen LogP contribution in [0.2, 0.25) is 0 Å². The summed E-state index contributed by atoms with van der Waals surface area (Å²) < 4.78 is 10.5. The molecular formula is C39H44N4O6. The van der Waals surface area contributed by atoms with Gasteiger partial charge in [0.2, 0.25) is 0 Å². The highest BCUT2D eigenvalue weighted by atomic mass is 16.5. The van der Waals surface area contributed by atoms with Crippen LogP contribution in [-0.2, 0) is 41.5 Å². The van der Waals surface area contributed by atoms with Crippen molar-refractivity contribution in [3.8, 4) is 0 Å². The smallest absolute Gasteiger partial charge is 0.306 e. The van der Waals surface area contributed by atoms with Crippen molar-refractivity contribution < 1.29 is 28.7 Å². The van der Waals surface area contributed by atoms with E-state index in [0.717, 1.165) is 61.2 Å². The number of nitrogens with zero attached hydrogens (tertiary/aromatic N) is 1. The standard InChI is InChI=1S/C39H44N4O6/c1-9-17-48-36(44)15-13-28-23(6)30(19-32-22(5)27(12-4)39(47)42-32)40-34(28)21-35-29(14-16-37(45)49-18-10-2)24(7)31(41-35)20-33-26(11-3)25(8)38(46)43-33/h9-10,12,19-21,40-41H,1-2,4,11,13-18H2,3,5-8H3,(H,43,46)/b30-19+,33-20-,34-21-. The van der Waals surface area contributed by atoms with Crippen molar-refractivity contribution in [1.29, 1.82) is 0 Å². The molecule has 10 nitrogen and oxygen atoms in total. The third kappa shape index (κ3) is 8.14. The van der Waals surface area contributed by atoms with Gasteiger partial charge in [0.05, 0.1) is 5.71 Å². The fraction of sp³-hybridized carbons (Fsp3) is 0.308. The van der Waals surface area contributed by atoms with Gasteiger partial charge in [0.1, 0.15) is 13.2 Å². The molecule has 0 fully saturated rings. The Morgan fingerprint density at radius 1 is 0.776 bits per heavy atom. The molecule has 0 bridgehead atoms. The van der Waals surface area contributed by atoms with Gasteiger partial charge >= 0.3 is 11.9 Å². The Bertz CT molecular complexity index is 1990. The summed E-state index contributed by atoms with van der Waals surface area (Å²) in [5.74, 6) is -1.16. The van der Waals surface area contributed by atoms with Gasteiger partial charge in [-0.2, -0.15) is 0 Å². The van der Waals surface area contributed by atoms with Gasteiger partial charge in [0.15, 0.2) is 0 Å². The SMILES string of the molecule is C=CCOC(=O)CCc1c(/C=c2\[nH]/c(=C/C3=NC(=O)C(C=C)=C3C)c(C)c2CCC(=O)OCC=C)[nH]c(/C=C2\NC(=O)C(C)=C2CC)c1C. The van der Waals surface area contributed by atoms with E-state index in [9.17, 15) is 19.2 Å². The van der Waals surface area contributed by atoms with Gasteiger partial charge < -0.3 is 24.8 Å². The number of aromatic amines is 2. The zero-order valence-electron chi connectivity index (χ0n) is 28.9.